The van der Waals surface area contributed by atoms with E-state index in [1.54, 1.807) is 0 Å². The Morgan fingerprint density at radius 3 is 2.23 bits per heavy atom. The molecule has 7 heteroatoms. The van der Waals surface area contributed by atoms with E-state index in [1.165, 1.54) is 18.2 Å². The summed E-state index contributed by atoms with van der Waals surface area (Å²) in [7, 11) is -3.71. The number of benzene rings is 1. The summed E-state index contributed by atoms with van der Waals surface area (Å²) in [5.74, 6) is 0. The van der Waals surface area contributed by atoms with Crippen molar-refractivity contribution >= 4 is 28.8 Å². The molecule has 1 aromatic rings. The zero-order valence-electron chi connectivity index (χ0n) is 6.18. The van der Waals surface area contributed by atoms with Crippen LogP contribution in [0.25, 0.3) is 0 Å². The second-order valence-electron chi connectivity index (χ2n) is 2.16. The first kappa shape index (κ1) is 10.1. The summed E-state index contributed by atoms with van der Waals surface area (Å²) in [6.07, 6.45) is 0. The largest absolute Gasteiger partial charge is 0.288 e. The Kier molecular flexibility index (Phi) is 2.67. The highest BCUT2D eigenvalue weighted by Gasteiger charge is 2.21. The van der Waals surface area contributed by atoms with Gasteiger partial charge in [0.15, 0.2) is 4.90 Å². The van der Waals surface area contributed by atoms with Gasteiger partial charge in [0, 0.05) is 6.07 Å². The van der Waals surface area contributed by atoms with Crippen molar-refractivity contribution in [3.63, 3.8) is 0 Å². The van der Waals surface area contributed by atoms with Crippen LogP contribution >= 0.6 is 14.8 Å². The van der Waals surface area contributed by atoms with Crippen molar-refractivity contribution in [1.82, 2.24) is 0 Å². The van der Waals surface area contributed by atoms with Crippen molar-refractivity contribution in [2.75, 3.05) is 0 Å². The summed E-state index contributed by atoms with van der Waals surface area (Å²) in [6.45, 7) is 0. The number of hydrogen-bond donors (Lipinski definition) is 0. The van der Waals surface area contributed by atoms with Crippen molar-refractivity contribution in [2.24, 2.45) is 0 Å². The molecule has 0 saturated carbocycles. The molecular formula is C6H4BrNO4S. The van der Waals surface area contributed by atoms with Crippen LogP contribution in [0.15, 0.2) is 29.2 Å². The molecule has 0 amide bonds. The molecule has 70 valence electrons. The van der Waals surface area contributed by atoms with Crippen LogP contribution in [0.4, 0.5) is 5.69 Å². The Morgan fingerprint density at radius 2 is 1.85 bits per heavy atom. The highest BCUT2D eigenvalue weighted by Crippen LogP contribution is 2.26. The van der Waals surface area contributed by atoms with Crippen molar-refractivity contribution in [2.45, 2.75) is 4.90 Å². The summed E-state index contributed by atoms with van der Waals surface area (Å²) in [5, 5.41) is 10.4. The number of para-hydroxylation sites is 1. The van der Waals surface area contributed by atoms with E-state index in [0.717, 1.165) is 6.07 Å². The molecular weight excluding hydrogens is 262 g/mol. The first-order valence-corrected chi connectivity index (χ1v) is 6.43. The molecule has 1 aromatic carbocycles. The van der Waals surface area contributed by atoms with Gasteiger partial charge in [-0.2, -0.15) is 0 Å². The quantitative estimate of drug-likeness (QED) is 0.463. The normalized spacial score (nSPS) is 11.2. The fourth-order valence-corrected chi connectivity index (χ4v) is 2.27. The van der Waals surface area contributed by atoms with Gasteiger partial charge in [0.25, 0.3) is 5.69 Å². The maximum absolute atomic E-state index is 11.0. The van der Waals surface area contributed by atoms with Crippen LogP contribution in [0.5, 0.6) is 0 Å². The maximum atomic E-state index is 11.0. The van der Waals surface area contributed by atoms with Gasteiger partial charge in [-0.1, -0.05) is 12.1 Å². The molecule has 0 atom stereocenters. The van der Waals surface area contributed by atoms with E-state index in [9.17, 15) is 18.5 Å². The number of nitrogens with zero attached hydrogens (tertiary/aromatic N) is 1. The maximum Gasteiger partial charge on any atom is 0.288 e. The molecule has 0 aliphatic rings. The van der Waals surface area contributed by atoms with Gasteiger partial charge in [0.1, 0.15) is 0 Å². The standard InChI is InChI=1S/C6H4BrNO4S/c7-13(11,12)6-4-2-1-3-5(6)8(9)10/h1-4H. The molecule has 0 radical (unpaired) electrons. The van der Waals surface area contributed by atoms with Gasteiger partial charge < -0.3 is 0 Å². The van der Waals surface area contributed by atoms with Crippen LogP contribution in [-0.2, 0) is 8.27 Å². The Morgan fingerprint density at radius 1 is 1.31 bits per heavy atom. The van der Waals surface area contributed by atoms with E-state index in [0.29, 0.717) is 0 Å². The second kappa shape index (κ2) is 3.43. The average molecular weight is 266 g/mol. The Balaban J connectivity index is 3.46. The van der Waals surface area contributed by atoms with Gasteiger partial charge in [0.05, 0.1) is 19.7 Å². The van der Waals surface area contributed by atoms with Gasteiger partial charge >= 0.3 is 0 Å². The number of nitro benzene ring substituents is 1. The molecule has 0 aliphatic heterocycles. The third kappa shape index (κ3) is 2.25. The molecule has 0 bridgehead atoms. The molecule has 5 nitrogen and oxygen atoms in total. The van der Waals surface area contributed by atoms with Gasteiger partial charge in [-0.25, -0.2) is 8.42 Å². The average Bonchev–Trinajstić information content (AvgIpc) is 2.03. The minimum absolute atomic E-state index is 0.333. The van der Waals surface area contributed by atoms with Crippen LogP contribution in [0.2, 0.25) is 0 Å². The molecule has 0 saturated heterocycles. The molecule has 0 aliphatic carbocycles. The van der Waals surface area contributed by atoms with Gasteiger partial charge in [-0.3, -0.25) is 10.1 Å². The molecule has 0 unspecified atom stereocenters. The fourth-order valence-electron chi connectivity index (χ4n) is 0.814. The Labute approximate surface area is 81.7 Å². The van der Waals surface area contributed by atoms with Crippen LogP contribution in [0, 0.1) is 10.1 Å². The monoisotopic (exact) mass is 265 g/mol. The third-order valence-corrected chi connectivity index (χ3v) is 3.24. The number of halogens is 1. The molecule has 0 fully saturated rings. The van der Waals surface area contributed by atoms with Crippen molar-refractivity contribution in [1.29, 1.82) is 0 Å². The summed E-state index contributed by atoms with van der Waals surface area (Å²) in [5.41, 5.74) is -0.431. The minimum Gasteiger partial charge on any atom is -0.258 e. The minimum atomic E-state index is -3.71. The molecule has 0 aromatic heterocycles. The first-order valence-electron chi connectivity index (χ1n) is 3.11. The van der Waals surface area contributed by atoms with E-state index in [2.05, 4.69) is 14.8 Å². The summed E-state index contributed by atoms with van der Waals surface area (Å²) >= 11 is 2.37. The summed E-state index contributed by atoms with van der Waals surface area (Å²) < 4.78 is 21.9. The van der Waals surface area contributed by atoms with E-state index in [1.807, 2.05) is 0 Å². The predicted molar refractivity (Wildman–Crippen MR) is 49.2 cm³/mol. The molecule has 0 heterocycles. The number of nitro groups is 1. The lowest BCUT2D eigenvalue weighted by atomic mass is 10.3. The Hall–Kier alpha value is -0.950. The number of hydrogen-bond acceptors (Lipinski definition) is 4. The van der Waals surface area contributed by atoms with Gasteiger partial charge in [-0.15, -0.1) is 0 Å². The van der Waals surface area contributed by atoms with Crippen molar-refractivity contribution in [3.05, 3.63) is 34.4 Å². The van der Waals surface area contributed by atoms with Crippen molar-refractivity contribution < 1.29 is 13.3 Å². The lowest BCUT2D eigenvalue weighted by molar-refractivity contribution is -0.387. The molecule has 0 N–H and O–H groups in total. The van der Waals surface area contributed by atoms with E-state index < -0.39 is 18.9 Å². The Bertz CT molecular complexity index is 442. The van der Waals surface area contributed by atoms with Crippen LogP contribution in [0.1, 0.15) is 0 Å². The zero-order chi connectivity index (χ0) is 10.1. The SMILES string of the molecule is O=[N+]([O-])c1ccccc1S(=O)(=O)Br. The van der Waals surface area contributed by atoms with Crippen LogP contribution < -0.4 is 0 Å². The fraction of sp³-hybridized carbons (Fsp3) is 0. The lowest BCUT2D eigenvalue weighted by Gasteiger charge is -1.96. The van der Waals surface area contributed by atoms with E-state index >= 15 is 0 Å². The predicted octanol–water partition coefficient (Wildman–Crippen LogP) is 1.68. The zero-order valence-corrected chi connectivity index (χ0v) is 8.58. The highest BCUT2D eigenvalue weighted by molar-refractivity contribution is 9.47. The molecule has 13 heavy (non-hydrogen) atoms. The summed E-state index contributed by atoms with van der Waals surface area (Å²) in [4.78, 5) is 9.31. The van der Waals surface area contributed by atoms with Gasteiger partial charge in [-0.05, 0) is 6.07 Å². The molecule has 0 spiro atoms. The first-order chi connectivity index (χ1) is 5.93. The van der Waals surface area contributed by atoms with Crippen LogP contribution in [-0.4, -0.2) is 13.3 Å². The molecule has 1 rings (SSSR count). The second-order valence-corrected chi connectivity index (χ2v) is 6.04. The van der Waals surface area contributed by atoms with E-state index in [-0.39, 0.29) is 4.90 Å². The lowest BCUT2D eigenvalue weighted by Crippen LogP contribution is -1.97. The highest BCUT2D eigenvalue weighted by atomic mass is 79.9. The topological polar surface area (TPSA) is 77.3 Å². The number of rotatable bonds is 2. The van der Waals surface area contributed by atoms with Gasteiger partial charge in [0.2, 0.25) is 8.27 Å². The smallest absolute Gasteiger partial charge is 0.258 e. The van der Waals surface area contributed by atoms with Crippen molar-refractivity contribution in [3.8, 4) is 0 Å². The summed E-state index contributed by atoms with van der Waals surface area (Å²) in [6, 6.07) is 5.12. The third-order valence-electron chi connectivity index (χ3n) is 1.32. The van der Waals surface area contributed by atoms with E-state index in [4.69, 9.17) is 0 Å². The van der Waals surface area contributed by atoms with Crippen LogP contribution in [0.3, 0.4) is 0 Å².